The van der Waals surface area contributed by atoms with Crippen LogP contribution in [0.3, 0.4) is 0 Å². The van der Waals surface area contributed by atoms with Gasteiger partial charge in [-0.2, -0.15) is 13.2 Å². The van der Waals surface area contributed by atoms with E-state index < -0.39 is 29.3 Å². The molecule has 7 nitrogen and oxygen atoms in total. The molecule has 0 saturated carbocycles. The Morgan fingerprint density at radius 2 is 1.97 bits per heavy atom. The maximum absolute atomic E-state index is 13.9. The molecule has 11 heteroatoms. The number of aryl methyl sites for hydroxylation is 1. The lowest BCUT2D eigenvalue weighted by Crippen LogP contribution is -2.43. The molecule has 190 valence electrons. The summed E-state index contributed by atoms with van der Waals surface area (Å²) >= 11 is 0. The van der Waals surface area contributed by atoms with E-state index in [9.17, 15) is 27.5 Å². The Kier molecular flexibility index (Phi) is 7.20. The van der Waals surface area contributed by atoms with Gasteiger partial charge in [0.1, 0.15) is 11.6 Å². The zero-order valence-corrected chi connectivity index (χ0v) is 19.1. The molecule has 0 spiro atoms. The summed E-state index contributed by atoms with van der Waals surface area (Å²) in [4.78, 5) is 17.4. The average Bonchev–Trinajstić information content (AvgIpc) is 2.82. The van der Waals surface area contributed by atoms with Crippen molar-refractivity contribution in [3.8, 4) is 5.75 Å². The first-order chi connectivity index (χ1) is 16.6. The SMILES string of the molecule is Cc1ccc2c(c1O)C[C@@H](C1CCN(OC(=O)Nc3cc(C(F)(F)F)ccc3F)CC1)O[C@H]2CN. The summed E-state index contributed by atoms with van der Waals surface area (Å²) in [5.41, 5.74) is 6.74. The summed E-state index contributed by atoms with van der Waals surface area (Å²) in [6, 6.07) is 5.53. The van der Waals surface area contributed by atoms with Gasteiger partial charge in [-0.05, 0) is 55.0 Å². The molecule has 0 aliphatic carbocycles. The summed E-state index contributed by atoms with van der Waals surface area (Å²) in [7, 11) is 0. The number of nitrogens with one attached hydrogen (secondary N) is 1. The summed E-state index contributed by atoms with van der Waals surface area (Å²) < 4.78 is 58.7. The topological polar surface area (TPSA) is 97.0 Å². The van der Waals surface area contributed by atoms with Crippen molar-refractivity contribution in [1.82, 2.24) is 5.06 Å². The van der Waals surface area contributed by atoms with E-state index in [1.807, 2.05) is 24.4 Å². The highest BCUT2D eigenvalue weighted by atomic mass is 19.4. The molecule has 2 atom stereocenters. The molecule has 2 aliphatic rings. The van der Waals surface area contributed by atoms with E-state index in [2.05, 4.69) is 0 Å². The lowest BCUT2D eigenvalue weighted by molar-refractivity contribution is -0.137. The summed E-state index contributed by atoms with van der Waals surface area (Å²) in [6.07, 6.45) is -4.45. The smallest absolute Gasteiger partial charge is 0.430 e. The highest BCUT2D eigenvalue weighted by Gasteiger charge is 2.36. The normalized spacial score (nSPS) is 21.4. The van der Waals surface area contributed by atoms with Gasteiger partial charge in [-0.3, -0.25) is 5.32 Å². The molecule has 0 unspecified atom stereocenters. The van der Waals surface area contributed by atoms with Gasteiger partial charge in [0.25, 0.3) is 0 Å². The third kappa shape index (κ3) is 5.52. The van der Waals surface area contributed by atoms with Crippen LogP contribution in [0.25, 0.3) is 0 Å². The number of aromatic hydroxyl groups is 1. The van der Waals surface area contributed by atoms with Gasteiger partial charge in [0.05, 0.1) is 23.5 Å². The molecule has 2 heterocycles. The number of alkyl halides is 3. The van der Waals surface area contributed by atoms with Crippen LogP contribution in [0.5, 0.6) is 5.75 Å². The lowest BCUT2D eigenvalue weighted by atomic mass is 9.83. The van der Waals surface area contributed by atoms with Crippen LogP contribution in [-0.4, -0.2) is 42.0 Å². The molecule has 0 bridgehead atoms. The number of halogens is 4. The third-order valence-corrected chi connectivity index (χ3v) is 6.59. The van der Waals surface area contributed by atoms with Crippen molar-refractivity contribution in [2.45, 2.75) is 44.6 Å². The number of fused-ring (bicyclic) bond motifs is 1. The Morgan fingerprint density at radius 3 is 2.63 bits per heavy atom. The van der Waals surface area contributed by atoms with Gasteiger partial charge in [0.15, 0.2) is 0 Å². The Balaban J connectivity index is 1.34. The van der Waals surface area contributed by atoms with E-state index in [0.29, 0.717) is 50.6 Å². The number of piperidine rings is 1. The fourth-order valence-corrected chi connectivity index (χ4v) is 4.67. The quantitative estimate of drug-likeness (QED) is 0.531. The minimum atomic E-state index is -4.67. The number of nitrogens with two attached hydrogens (primary N) is 1. The van der Waals surface area contributed by atoms with Crippen molar-refractivity contribution >= 4 is 11.8 Å². The van der Waals surface area contributed by atoms with Gasteiger partial charge in [-0.25, -0.2) is 9.18 Å². The molecule has 1 fully saturated rings. The zero-order valence-electron chi connectivity index (χ0n) is 19.1. The minimum Gasteiger partial charge on any atom is -0.507 e. The van der Waals surface area contributed by atoms with Gasteiger partial charge in [0.2, 0.25) is 0 Å². The number of hydrogen-bond acceptors (Lipinski definition) is 6. The summed E-state index contributed by atoms with van der Waals surface area (Å²) in [6.45, 7) is 2.84. The molecule has 4 N–H and O–H groups in total. The van der Waals surface area contributed by atoms with Crippen LogP contribution in [0.2, 0.25) is 0 Å². The zero-order chi connectivity index (χ0) is 25.3. The van der Waals surface area contributed by atoms with Crippen molar-refractivity contribution in [2.24, 2.45) is 11.7 Å². The van der Waals surface area contributed by atoms with E-state index >= 15 is 0 Å². The van der Waals surface area contributed by atoms with Crippen molar-refractivity contribution in [3.63, 3.8) is 0 Å². The van der Waals surface area contributed by atoms with Gasteiger partial charge in [-0.15, -0.1) is 5.06 Å². The first kappa shape index (κ1) is 25.2. The van der Waals surface area contributed by atoms with E-state index in [1.165, 1.54) is 5.06 Å². The number of carbonyl (C=O) groups excluding carboxylic acids is 1. The Bertz CT molecular complexity index is 1090. The van der Waals surface area contributed by atoms with Gasteiger partial charge < -0.3 is 20.4 Å². The lowest BCUT2D eigenvalue weighted by Gasteiger charge is -2.39. The number of hydroxylamine groups is 2. The molecule has 0 aromatic heterocycles. The van der Waals surface area contributed by atoms with Crippen LogP contribution in [0.4, 0.5) is 28.0 Å². The first-order valence-electron chi connectivity index (χ1n) is 11.3. The number of hydrogen-bond donors (Lipinski definition) is 3. The number of ether oxygens (including phenoxy) is 1. The fourth-order valence-electron chi connectivity index (χ4n) is 4.67. The molecule has 2 aliphatic heterocycles. The van der Waals surface area contributed by atoms with Gasteiger partial charge >= 0.3 is 12.3 Å². The second-order valence-electron chi connectivity index (χ2n) is 8.86. The summed E-state index contributed by atoms with van der Waals surface area (Å²) in [5, 5.41) is 14.0. The van der Waals surface area contributed by atoms with Crippen LogP contribution < -0.4 is 11.1 Å². The number of phenols is 1. The molecule has 2 aromatic carbocycles. The van der Waals surface area contributed by atoms with Crippen LogP contribution in [0.15, 0.2) is 30.3 Å². The number of amides is 1. The van der Waals surface area contributed by atoms with Crippen molar-refractivity contribution < 1.29 is 37.0 Å². The first-order valence-corrected chi connectivity index (χ1v) is 11.3. The van der Waals surface area contributed by atoms with Gasteiger partial charge in [0, 0.05) is 31.6 Å². The van der Waals surface area contributed by atoms with Crippen molar-refractivity contribution in [3.05, 3.63) is 58.4 Å². The highest BCUT2D eigenvalue weighted by molar-refractivity contribution is 5.84. The second-order valence-corrected chi connectivity index (χ2v) is 8.86. The maximum Gasteiger partial charge on any atom is 0.430 e. The minimum absolute atomic E-state index is 0.126. The highest BCUT2D eigenvalue weighted by Crippen LogP contribution is 2.40. The number of anilines is 1. The standard InChI is InChI=1S/C24H27F4N3O4/c1-13-2-4-16-17(22(13)32)11-20(34-21(16)12-29)14-6-8-31(9-7-14)35-23(33)30-19-10-15(24(26,27)28)3-5-18(19)25/h2-5,10,14,20-21,32H,6-9,11-12,29H2,1H3,(H,30,33)/t20-,21-/m0/s1. The summed E-state index contributed by atoms with van der Waals surface area (Å²) in [5.74, 6) is -0.620. The molecule has 1 amide bonds. The molecule has 1 saturated heterocycles. The van der Waals surface area contributed by atoms with E-state index in [1.54, 1.807) is 0 Å². The van der Waals surface area contributed by atoms with Crippen LogP contribution in [0, 0.1) is 18.7 Å². The molecular weight excluding hydrogens is 470 g/mol. The van der Waals surface area contributed by atoms with E-state index in [-0.39, 0.29) is 30.4 Å². The van der Waals surface area contributed by atoms with Crippen LogP contribution in [0.1, 0.15) is 41.2 Å². The van der Waals surface area contributed by atoms with E-state index in [4.69, 9.17) is 15.3 Å². The second kappa shape index (κ2) is 10.00. The Labute approximate surface area is 199 Å². The van der Waals surface area contributed by atoms with Gasteiger partial charge in [-0.1, -0.05) is 12.1 Å². The van der Waals surface area contributed by atoms with Crippen LogP contribution in [-0.2, 0) is 22.2 Å². The number of phenolic OH excluding ortho intramolecular Hbond substituents is 1. The predicted molar refractivity (Wildman–Crippen MR) is 119 cm³/mol. The maximum atomic E-state index is 13.9. The number of benzene rings is 2. The van der Waals surface area contributed by atoms with Crippen molar-refractivity contribution in [2.75, 3.05) is 25.0 Å². The van der Waals surface area contributed by atoms with E-state index in [0.717, 1.165) is 16.7 Å². The van der Waals surface area contributed by atoms with Crippen LogP contribution >= 0.6 is 0 Å². The molecule has 2 aromatic rings. The monoisotopic (exact) mass is 497 g/mol. The molecule has 35 heavy (non-hydrogen) atoms. The molecule has 4 rings (SSSR count). The number of rotatable bonds is 4. The Hall–Kier alpha value is -2.89. The molecular formula is C24H27F4N3O4. The fraction of sp³-hybridized carbons (Fsp3) is 0.458. The number of carbonyl (C=O) groups is 1. The predicted octanol–water partition coefficient (Wildman–Crippen LogP) is 4.68. The number of nitrogens with zero attached hydrogens (tertiary/aromatic N) is 1. The molecule has 0 radical (unpaired) electrons. The van der Waals surface area contributed by atoms with Crippen molar-refractivity contribution in [1.29, 1.82) is 0 Å². The Morgan fingerprint density at radius 1 is 1.26 bits per heavy atom. The average molecular weight is 497 g/mol. The largest absolute Gasteiger partial charge is 0.507 e. The third-order valence-electron chi connectivity index (χ3n) is 6.59.